The van der Waals surface area contributed by atoms with Crippen LogP contribution in [0.5, 0.6) is 5.75 Å². The fourth-order valence-corrected chi connectivity index (χ4v) is 2.67. The number of hydrogen-bond acceptors (Lipinski definition) is 5. The van der Waals surface area contributed by atoms with Gasteiger partial charge in [-0.1, -0.05) is 18.2 Å². The second-order valence-electron chi connectivity index (χ2n) is 6.57. The molecule has 0 fully saturated rings. The molecule has 3 aromatic rings. The molecule has 0 unspecified atom stereocenters. The zero-order chi connectivity index (χ0) is 19.9. The SMILES string of the molecule is COc1ccc(CCNC(=O)c2cnc(Nc3ccc(C)c(C)c3)nc2)cc1. The lowest BCUT2D eigenvalue weighted by atomic mass is 10.1. The molecule has 144 valence electrons. The molecular weight excluding hydrogens is 352 g/mol. The van der Waals surface area contributed by atoms with Crippen LogP contribution >= 0.6 is 0 Å². The molecule has 0 radical (unpaired) electrons. The van der Waals surface area contributed by atoms with Crippen molar-refractivity contribution < 1.29 is 9.53 Å². The minimum absolute atomic E-state index is 0.189. The molecule has 6 heteroatoms. The number of amides is 1. The third-order valence-electron chi connectivity index (χ3n) is 4.54. The average molecular weight is 376 g/mol. The second kappa shape index (κ2) is 8.99. The third-order valence-corrected chi connectivity index (χ3v) is 4.54. The zero-order valence-electron chi connectivity index (χ0n) is 16.3. The topological polar surface area (TPSA) is 76.1 Å². The van der Waals surface area contributed by atoms with Gasteiger partial charge in [0.15, 0.2) is 0 Å². The fourth-order valence-electron chi connectivity index (χ4n) is 2.67. The first-order chi connectivity index (χ1) is 13.5. The van der Waals surface area contributed by atoms with Gasteiger partial charge in [0.25, 0.3) is 5.91 Å². The van der Waals surface area contributed by atoms with Crippen LogP contribution in [-0.4, -0.2) is 29.5 Å². The summed E-state index contributed by atoms with van der Waals surface area (Å²) in [4.78, 5) is 20.7. The van der Waals surface area contributed by atoms with Crippen molar-refractivity contribution in [3.8, 4) is 5.75 Å². The number of benzene rings is 2. The molecule has 3 rings (SSSR count). The molecule has 0 aliphatic carbocycles. The van der Waals surface area contributed by atoms with Crippen LogP contribution in [-0.2, 0) is 6.42 Å². The molecule has 28 heavy (non-hydrogen) atoms. The lowest BCUT2D eigenvalue weighted by Crippen LogP contribution is -2.26. The maximum Gasteiger partial charge on any atom is 0.254 e. The predicted octanol–water partition coefficient (Wildman–Crippen LogP) is 3.82. The Morgan fingerprint density at radius 2 is 1.71 bits per heavy atom. The van der Waals surface area contributed by atoms with Crippen molar-refractivity contribution in [2.24, 2.45) is 0 Å². The van der Waals surface area contributed by atoms with E-state index in [1.807, 2.05) is 42.5 Å². The van der Waals surface area contributed by atoms with Crippen molar-refractivity contribution >= 4 is 17.5 Å². The average Bonchev–Trinajstić information content (AvgIpc) is 2.72. The third kappa shape index (κ3) is 5.07. The quantitative estimate of drug-likeness (QED) is 0.656. The Balaban J connectivity index is 1.52. The summed E-state index contributed by atoms with van der Waals surface area (Å²) in [5.41, 5.74) is 4.90. The maximum absolute atomic E-state index is 12.3. The number of nitrogens with one attached hydrogen (secondary N) is 2. The largest absolute Gasteiger partial charge is 0.497 e. The summed E-state index contributed by atoms with van der Waals surface area (Å²) in [6.07, 6.45) is 3.79. The van der Waals surface area contributed by atoms with Gasteiger partial charge in [0.05, 0.1) is 12.7 Å². The van der Waals surface area contributed by atoms with E-state index < -0.39 is 0 Å². The van der Waals surface area contributed by atoms with Gasteiger partial charge >= 0.3 is 0 Å². The molecule has 0 saturated carbocycles. The molecule has 0 aliphatic heterocycles. The number of nitrogens with zero attached hydrogens (tertiary/aromatic N) is 2. The lowest BCUT2D eigenvalue weighted by molar-refractivity contribution is 0.0953. The Bertz CT molecular complexity index is 938. The minimum Gasteiger partial charge on any atom is -0.497 e. The zero-order valence-corrected chi connectivity index (χ0v) is 16.3. The fraction of sp³-hybridized carbons (Fsp3) is 0.227. The van der Waals surface area contributed by atoms with Gasteiger partial charge in [0.1, 0.15) is 5.75 Å². The van der Waals surface area contributed by atoms with Gasteiger partial charge in [0, 0.05) is 24.6 Å². The molecule has 1 aromatic heterocycles. The first-order valence-electron chi connectivity index (χ1n) is 9.12. The molecule has 0 saturated heterocycles. The summed E-state index contributed by atoms with van der Waals surface area (Å²) in [7, 11) is 1.64. The van der Waals surface area contributed by atoms with E-state index in [1.165, 1.54) is 23.5 Å². The summed E-state index contributed by atoms with van der Waals surface area (Å²) in [5.74, 6) is 1.09. The lowest BCUT2D eigenvalue weighted by Gasteiger charge is -2.08. The highest BCUT2D eigenvalue weighted by Gasteiger charge is 2.07. The summed E-state index contributed by atoms with van der Waals surface area (Å²) in [6.45, 7) is 4.66. The van der Waals surface area contributed by atoms with Gasteiger partial charge in [0.2, 0.25) is 5.95 Å². The van der Waals surface area contributed by atoms with Crippen LogP contribution in [0.25, 0.3) is 0 Å². The van der Waals surface area contributed by atoms with E-state index in [1.54, 1.807) is 7.11 Å². The van der Waals surface area contributed by atoms with Crippen LogP contribution in [0.3, 0.4) is 0 Å². The van der Waals surface area contributed by atoms with Crippen molar-refractivity contribution in [3.05, 3.63) is 77.1 Å². The van der Waals surface area contributed by atoms with Crippen LogP contribution < -0.4 is 15.4 Å². The van der Waals surface area contributed by atoms with Crippen LogP contribution in [0.15, 0.2) is 54.9 Å². The summed E-state index contributed by atoms with van der Waals surface area (Å²) < 4.78 is 5.14. The smallest absolute Gasteiger partial charge is 0.254 e. The van der Waals surface area contributed by atoms with Gasteiger partial charge < -0.3 is 15.4 Å². The Hall–Kier alpha value is -3.41. The van der Waals surface area contributed by atoms with Crippen LogP contribution in [0.1, 0.15) is 27.0 Å². The highest BCUT2D eigenvalue weighted by molar-refractivity contribution is 5.93. The van der Waals surface area contributed by atoms with Crippen molar-refractivity contribution in [3.63, 3.8) is 0 Å². The van der Waals surface area contributed by atoms with Gasteiger partial charge in [-0.2, -0.15) is 0 Å². The monoisotopic (exact) mass is 376 g/mol. The molecule has 0 bridgehead atoms. The van der Waals surface area contributed by atoms with Crippen LogP contribution in [0.4, 0.5) is 11.6 Å². The predicted molar refractivity (Wildman–Crippen MR) is 110 cm³/mol. The number of rotatable bonds is 7. The number of methoxy groups -OCH3 is 1. The Morgan fingerprint density at radius 1 is 1.00 bits per heavy atom. The van der Waals surface area contributed by atoms with Crippen molar-refractivity contribution in [2.45, 2.75) is 20.3 Å². The summed E-state index contributed by atoms with van der Waals surface area (Å²) >= 11 is 0. The van der Waals surface area contributed by atoms with Crippen LogP contribution in [0, 0.1) is 13.8 Å². The van der Waals surface area contributed by atoms with Crippen molar-refractivity contribution in [2.75, 3.05) is 19.0 Å². The van der Waals surface area contributed by atoms with Gasteiger partial charge in [-0.15, -0.1) is 0 Å². The number of anilines is 2. The Kier molecular flexibility index (Phi) is 6.22. The second-order valence-corrected chi connectivity index (χ2v) is 6.57. The standard InChI is InChI=1S/C22H24N4O2/c1-15-4-7-19(12-16(15)2)26-22-24-13-18(14-25-22)21(27)23-11-10-17-5-8-20(28-3)9-6-17/h4-9,12-14H,10-11H2,1-3H3,(H,23,27)(H,24,25,26). The van der Waals surface area contributed by atoms with E-state index in [4.69, 9.17) is 4.74 Å². The molecule has 1 heterocycles. The van der Waals surface area contributed by atoms with E-state index in [9.17, 15) is 4.79 Å². The molecule has 6 nitrogen and oxygen atoms in total. The first-order valence-corrected chi connectivity index (χ1v) is 9.12. The van der Waals surface area contributed by atoms with E-state index >= 15 is 0 Å². The Labute approximate surface area is 165 Å². The molecule has 0 aliphatic rings. The molecule has 0 spiro atoms. The first kappa shape index (κ1) is 19.4. The number of carbonyl (C=O) groups is 1. The minimum atomic E-state index is -0.189. The molecule has 0 atom stereocenters. The number of aromatic nitrogens is 2. The van der Waals surface area contributed by atoms with Gasteiger partial charge in [-0.3, -0.25) is 4.79 Å². The number of carbonyl (C=O) groups excluding carboxylic acids is 1. The van der Waals surface area contributed by atoms with Crippen molar-refractivity contribution in [1.82, 2.24) is 15.3 Å². The molecule has 1 amide bonds. The van der Waals surface area contributed by atoms with Gasteiger partial charge in [-0.25, -0.2) is 9.97 Å². The van der Waals surface area contributed by atoms with E-state index in [2.05, 4.69) is 34.4 Å². The number of aryl methyl sites for hydroxylation is 2. The summed E-state index contributed by atoms with van der Waals surface area (Å²) in [6, 6.07) is 13.9. The van der Waals surface area contributed by atoms with E-state index in [0.29, 0.717) is 18.1 Å². The van der Waals surface area contributed by atoms with Crippen LogP contribution in [0.2, 0.25) is 0 Å². The number of hydrogen-bond donors (Lipinski definition) is 2. The van der Waals surface area contributed by atoms with Crippen molar-refractivity contribution in [1.29, 1.82) is 0 Å². The van der Waals surface area contributed by atoms with E-state index in [0.717, 1.165) is 23.4 Å². The maximum atomic E-state index is 12.3. The molecule has 2 aromatic carbocycles. The number of ether oxygens (including phenoxy) is 1. The van der Waals surface area contributed by atoms with Gasteiger partial charge in [-0.05, 0) is 61.2 Å². The highest BCUT2D eigenvalue weighted by Crippen LogP contribution is 2.17. The molecule has 2 N–H and O–H groups in total. The Morgan fingerprint density at radius 3 is 2.36 bits per heavy atom. The molecular formula is C22H24N4O2. The highest BCUT2D eigenvalue weighted by atomic mass is 16.5. The normalized spacial score (nSPS) is 10.4. The summed E-state index contributed by atoms with van der Waals surface area (Å²) in [5, 5.41) is 6.04. The van der Waals surface area contributed by atoms with E-state index in [-0.39, 0.29) is 5.91 Å².